The molecule has 0 aliphatic rings. The quantitative estimate of drug-likeness (QED) is 0.252. The molecule has 3 rings (SSSR count). The van der Waals surface area contributed by atoms with Crippen LogP contribution >= 0.6 is 23.2 Å². The molecule has 2 N–H and O–H groups in total. The van der Waals surface area contributed by atoms with Gasteiger partial charge in [0.25, 0.3) is 17.5 Å². The zero-order chi connectivity index (χ0) is 24.8. The Kier molecular flexibility index (Phi) is 7.83. The summed E-state index contributed by atoms with van der Waals surface area (Å²) in [5, 5.41) is 16.3. The molecule has 11 heteroatoms. The fraction of sp³-hybridized carbons (Fsp3) is 0.0435. The number of rotatable bonds is 7. The number of non-ortho nitro benzene ring substituents is 1. The summed E-state index contributed by atoms with van der Waals surface area (Å²) in [7, 11) is 1.40. The van der Waals surface area contributed by atoms with Crippen molar-refractivity contribution in [3.63, 3.8) is 0 Å². The van der Waals surface area contributed by atoms with Crippen LogP contribution in [0.25, 0.3) is 6.08 Å². The van der Waals surface area contributed by atoms with Crippen molar-refractivity contribution in [2.45, 2.75) is 0 Å². The van der Waals surface area contributed by atoms with E-state index in [0.29, 0.717) is 10.8 Å². The van der Waals surface area contributed by atoms with Gasteiger partial charge in [-0.15, -0.1) is 0 Å². The van der Waals surface area contributed by atoms with E-state index in [1.807, 2.05) is 0 Å². The predicted octanol–water partition coefficient (Wildman–Crippen LogP) is 5.46. The highest BCUT2D eigenvalue weighted by molar-refractivity contribution is 6.34. The third-order valence-electron chi connectivity index (χ3n) is 4.47. The Morgan fingerprint density at radius 1 is 1.09 bits per heavy atom. The number of nitro benzene ring substituents is 1. The van der Waals surface area contributed by atoms with Gasteiger partial charge in [-0.3, -0.25) is 19.7 Å². The maximum Gasteiger partial charge on any atom is 0.272 e. The summed E-state index contributed by atoms with van der Waals surface area (Å²) in [4.78, 5) is 36.4. The molecule has 0 saturated heterocycles. The first-order valence-corrected chi connectivity index (χ1v) is 10.3. The largest absolute Gasteiger partial charge is 0.495 e. The van der Waals surface area contributed by atoms with Gasteiger partial charge in [-0.05, 0) is 48.0 Å². The Bertz CT molecular complexity index is 1310. The van der Waals surface area contributed by atoms with Crippen LogP contribution in [-0.4, -0.2) is 23.8 Å². The van der Waals surface area contributed by atoms with E-state index in [2.05, 4.69) is 10.6 Å². The van der Waals surface area contributed by atoms with Crippen LogP contribution in [0, 0.1) is 15.9 Å². The lowest BCUT2D eigenvalue weighted by atomic mass is 10.1. The van der Waals surface area contributed by atoms with Crippen LogP contribution in [0.3, 0.4) is 0 Å². The van der Waals surface area contributed by atoms with E-state index in [-0.39, 0.29) is 33.2 Å². The third-order valence-corrected chi connectivity index (χ3v) is 5.02. The number of hydrogen-bond donors (Lipinski definition) is 2. The van der Waals surface area contributed by atoms with Crippen LogP contribution in [0.2, 0.25) is 10.0 Å². The molecule has 0 atom stereocenters. The second kappa shape index (κ2) is 10.8. The van der Waals surface area contributed by atoms with Crippen molar-refractivity contribution in [1.82, 2.24) is 5.32 Å². The second-order valence-corrected chi connectivity index (χ2v) is 7.63. The first kappa shape index (κ1) is 24.7. The van der Waals surface area contributed by atoms with Crippen LogP contribution < -0.4 is 15.4 Å². The van der Waals surface area contributed by atoms with Crippen molar-refractivity contribution in [2.75, 3.05) is 12.4 Å². The number of amides is 2. The Morgan fingerprint density at radius 3 is 2.53 bits per heavy atom. The van der Waals surface area contributed by atoms with Crippen LogP contribution in [0.4, 0.5) is 15.8 Å². The summed E-state index contributed by atoms with van der Waals surface area (Å²) in [6, 6.07) is 13.2. The number of hydrogen-bond acceptors (Lipinski definition) is 5. The zero-order valence-corrected chi connectivity index (χ0v) is 19.0. The highest BCUT2D eigenvalue weighted by Crippen LogP contribution is 2.28. The molecule has 0 aliphatic heterocycles. The highest BCUT2D eigenvalue weighted by atomic mass is 35.5. The normalized spacial score (nSPS) is 11.0. The molecule has 0 heterocycles. The van der Waals surface area contributed by atoms with Crippen molar-refractivity contribution in [1.29, 1.82) is 0 Å². The molecule has 0 unspecified atom stereocenters. The van der Waals surface area contributed by atoms with E-state index in [1.165, 1.54) is 43.5 Å². The zero-order valence-electron chi connectivity index (χ0n) is 17.5. The number of ether oxygens (including phenoxy) is 1. The smallest absolute Gasteiger partial charge is 0.272 e. The summed E-state index contributed by atoms with van der Waals surface area (Å²) in [6.07, 6.45) is 1.24. The minimum Gasteiger partial charge on any atom is -0.495 e. The molecule has 34 heavy (non-hydrogen) atoms. The molecule has 0 saturated carbocycles. The Hall–Kier alpha value is -3.95. The number of carbonyl (C=O) groups excluding carboxylic acids is 2. The van der Waals surface area contributed by atoms with Gasteiger partial charge < -0.3 is 15.4 Å². The minimum atomic E-state index is -0.796. The first-order valence-electron chi connectivity index (χ1n) is 9.55. The van der Waals surface area contributed by atoms with Gasteiger partial charge in [-0.1, -0.05) is 35.3 Å². The Morgan fingerprint density at radius 2 is 1.85 bits per heavy atom. The van der Waals surface area contributed by atoms with Gasteiger partial charge in [0.05, 0.1) is 28.3 Å². The van der Waals surface area contributed by atoms with Crippen molar-refractivity contribution in [2.24, 2.45) is 0 Å². The molecule has 8 nitrogen and oxygen atoms in total. The molecular weight excluding hydrogens is 488 g/mol. The lowest BCUT2D eigenvalue weighted by Gasteiger charge is -2.14. The van der Waals surface area contributed by atoms with E-state index in [1.54, 1.807) is 12.1 Å². The fourth-order valence-electron chi connectivity index (χ4n) is 2.88. The Balaban J connectivity index is 2.00. The number of nitrogens with one attached hydrogen (secondary N) is 2. The molecule has 0 aliphatic carbocycles. The summed E-state index contributed by atoms with van der Waals surface area (Å²) in [5.41, 5.74) is -0.0751. The number of nitro groups is 1. The standard InChI is InChI=1S/C23H16Cl2FN3O5/c1-34-21-8-5-14(24)11-19(21)27-23(31)20(10-13-3-2-4-16(9-13)29(32)33)28-22(30)17-7-6-15(26)12-18(17)25/h2-12H,1H3,(H,27,31)(H,28,30)/b20-10-. The van der Waals surface area contributed by atoms with Crippen LogP contribution in [0.1, 0.15) is 15.9 Å². The van der Waals surface area contributed by atoms with Gasteiger partial charge >= 0.3 is 0 Å². The number of halogens is 3. The van der Waals surface area contributed by atoms with Gasteiger partial charge in [0.15, 0.2) is 0 Å². The van der Waals surface area contributed by atoms with Gasteiger partial charge in [0, 0.05) is 17.2 Å². The summed E-state index contributed by atoms with van der Waals surface area (Å²) in [6.45, 7) is 0. The van der Waals surface area contributed by atoms with E-state index in [4.69, 9.17) is 27.9 Å². The van der Waals surface area contributed by atoms with E-state index in [9.17, 15) is 24.1 Å². The Labute approximate surface area is 203 Å². The molecule has 0 radical (unpaired) electrons. The van der Waals surface area contributed by atoms with E-state index in [0.717, 1.165) is 18.2 Å². The van der Waals surface area contributed by atoms with Crippen LogP contribution in [0.15, 0.2) is 66.4 Å². The van der Waals surface area contributed by atoms with Gasteiger partial charge in [-0.2, -0.15) is 0 Å². The van der Waals surface area contributed by atoms with Crippen LogP contribution in [-0.2, 0) is 4.79 Å². The van der Waals surface area contributed by atoms with Gasteiger partial charge in [0.1, 0.15) is 17.3 Å². The summed E-state index contributed by atoms with van der Waals surface area (Å²) >= 11 is 12.0. The maximum absolute atomic E-state index is 13.4. The number of anilines is 1. The predicted molar refractivity (Wildman–Crippen MR) is 127 cm³/mol. The van der Waals surface area contributed by atoms with Crippen molar-refractivity contribution in [3.05, 3.63) is 103 Å². The SMILES string of the molecule is COc1ccc(Cl)cc1NC(=O)/C(=C/c1cccc([N+](=O)[O-])c1)NC(=O)c1ccc(F)cc1Cl. The number of nitrogens with zero attached hydrogens (tertiary/aromatic N) is 1. The topological polar surface area (TPSA) is 111 Å². The number of benzene rings is 3. The maximum atomic E-state index is 13.4. The summed E-state index contributed by atoms with van der Waals surface area (Å²) < 4.78 is 18.6. The average Bonchev–Trinajstić information content (AvgIpc) is 2.78. The summed E-state index contributed by atoms with van der Waals surface area (Å²) in [5.74, 6) is -1.91. The van der Waals surface area contributed by atoms with Crippen LogP contribution in [0.5, 0.6) is 5.75 Å². The molecule has 0 aromatic heterocycles. The van der Waals surface area contributed by atoms with Gasteiger partial charge in [0.2, 0.25) is 0 Å². The molecule has 3 aromatic rings. The van der Waals surface area contributed by atoms with E-state index < -0.39 is 22.6 Å². The first-order chi connectivity index (χ1) is 16.2. The molecule has 0 spiro atoms. The number of carbonyl (C=O) groups is 2. The monoisotopic (exact) mass is 503 g/mol. The lowest BCUT2D eigenvalue weighted by Crippen LogP contribution is -2.31. The average molecular weight is 504 g/mol. The van der Waals surface area contributed by atoms with Gasteiger partial charge in [-0.25, -0.2) is 4.39 Å². The second-order valence-electron chi connectivity index (χ2n) is 6.79. The third kappa shape index (κ3) is 6.09. The number of methoxy groups -OCH3 is 1. The molecular formula is C23H16Cl2FN3O5. The van der Waals surface area contributed by atoms with E-state index >= 15 is 0 Å². The fourth-order valence-corrected chi connectivity index (χ4v) is 3.31. The van der Waals surface area contributed by atoms with Crippen molar-refractivity contribution < 1.29 is 23.6 Å². The minimum absolute atomic E-state index is 0.0823. The molecule has 0 bridgehead atoms. The molecule has 2 amide bonds. The molecule has 0 fully saturated rings. The van der Waals surface area contributed by atoms with Crippen molar-refractivity contribution in [3.8, 4) is 5.75 Å². The van der Waals surface area contributed by atoms with Crippen molar-refractivity contribution >= 4 is 52.5 Å². The highest BCUT2D eigenvalue weighted by Gasteiger charge is 2.19. The molecule has 3 aromatic carbocycles. The molecule has 174 valence electrons. The lowest BCUT2D eigenvalue weighted by molar-refractivity contribution is -0.384.